The number of anilines is 1. The van der Waals surface area contributed by atoms with Crippen LogP contribution in [0.4, 0.5) is 11.4 Å². The van der Waals surface area contributed by atoms with Crippen LogP contribution in [0.5, 0.6) is 0 Å². The Labute approximate surface area is 187 Å². The van der Waals surface area contributed by atoms with E-state index in [2.05, 4.69) is 10.3 Å². The maximum atomic E-state index is 12.6. The van der Waals surface area contributed by atoms with Gasteiger partial charge in [-0.15, -0.1) is 0 Å². The van der Waals surface area contributed by atoms with Crippen molar-refractivity contribution in [2.75, 3.05) is 5.32 Å². The summed E-state index contributed by atoms with van der Waals surface area (Å²) in [6, 6.07) is 22.1. The zero-order valence-electron chi connectivity index (χ0n) is 17.4. The molecule has 8 nitrogen and oxygen atoms in total. The number of non-ortho nitro benzene ring substituents is 1. The summed E-state index contributed by atoms with van der Waals surface area (Å²) in [7, 11) is 0. The minimum absolute atomic E-state index is 0.0518. The van der Waals surface area contributed by atoms with Gasteiger partial charge in [-0.3, -0.25) is 14.9 Å². The summed E-state index contributed by atoms with van der Waals surface area (Å²) in [4.78, 5) is 27.6. The number of nitrogens with one attached hydrogen (secondary N) is 1. The van der Waals surface area contributed by atoms with Gasteiger partial charge in [0, 0.05) is 28.9 Å². The van der Waals surface area contributed by atoms with Crippen LogP contribution in [0.1, 0.15) is 16.1 Å². The third kappa shape index (κ3) is 4.09. The van der Waals surface area contributed by atoms with Crippen LogP contribution in [0.25, 0.3) is 33.9 Å². The second-order valence-electron chi connectivity index (χ2n) is 7.49. The van der Waals surface area contributed by atoms with Crippen LogP contribution in [0, 0.1) is 17.0 Å². The van der Waals surface area contributed by atoms with Crippen molar-refractivity contribution in [3.63, 3.8) is 0 Å². The van der Waals surface area contributed by atoms with Crippen molar-refractivity contribution in [1.29, 1.82) is 0 Å². The Balaban J connectivity index is 1.31. The normalized spacial score (nSPS) is 10.9. The Bertz CT molecular complexity index is 1500. The Kier molecular flexibility index (Phi) is 4.95. The molecule has 0 spiro atoms. The molecule has 0 aliphatic heterocycles. The number of nitrogens with zero attached hydrogens (tertiary/aromatic N) is 2. The minimum atomic E-state index is -0.481. The molecule has 162 valence electrons. The first-order valence-corrected chi connectivity index (χ1v) is 10.1. The second kappa shape index (κ2) is 8.08. The molecule has 8 heteroatoms. The fourth-order valence-electron chi connectivity index (χ4n) is 3.44. The Morgan fingerprint density at radius 1 is 0.939 bits per heavy atom. The number of hydrogen-bond donors (Lipinski definition) is 1. The SMILES string of the molecule is Cc1ccc2oc(-c3ccc(NC(=O)c4ccc(-c5cccc([N+](=O)[O-])c5)o4)cc3)nc2c1. The molecule has 3 aromatic carbocycles. The minimum Gasteiger partial charge on any atom is -0.451 e. The van der Waals surface area contributed by atoms with E-state index >= 15 is 0 Å². The van der Waals surface area contributed by atoms with Gasteiger partial charge in [-0.25, -0.2) is 4.98 Å². The number of nitro groups is 1. The molecule has 0 aliphatic rings. The van der Waals surface area contributed by atoms with Gasteiger partial charge in [-0.05, 0) is 61.0 Å². The molecule has 0 saturated carbocycles. The van der Waals surface area contributed by atoms with E-state index in [1.807, 2.05) is 37.3 Å². The molecule has 0 fully saturated rings. The molecule has 0 aliphatic carbocycles. The van der Waals surface area contributed by atoms with E-state index in [4.69, 9.17) is 8.83 Å². The quantitative estimate of drug-likeness (QED) is 0.257. The van der Waals surface area contributed by atoms with Gasteiger partial charge < -0.3 is 14.2 Å². The standard InChI is InChI=1S/C25H17N3O5/c1-15-5-10-22-20(13-15)27-25(33-22)16-6-8-18(9-7-16)26-24(29)23-12-11-21(32-23)17-3-2-4-19(14-17)28(30)31/h2-14H,1H3,(H,26,29). The Hall–Kier alpha value is -4.72. The number of carbonyl (C=O) groups is 1. The second-order valence-corrected chi connectivity index (χ2v) is 7.49. The first-order chi connectivity index (χ1) is 16.0. The fourth-order valence-corrected chi connectivity index (χ4v) is 3.44. The molecule has 0 radical (unpaired) electrons. The number of aryl methyl sites for hydroxylation is 1. The van der Waals surface area contributed by atoms with Crippen LogP contribution >= 0.6 is 0 Å². The first-order valence-electron chi connectivity index (χ1n) is 10.1. The van der Waals surface area contributed by atoms with Crippen molar-refractivity contribution >= 4 is 28.4 Å². The third-order valence-corrected chi connectivity index (χ3v) is 5.10. The van der Waals surface area contributed by atoms with Gasteiger partial charge >= 0.3 is 0 Å². The highest BCUT2D eigenvalue weighted by Gasteiger charge is 2.15. The number of furan rings is 1. The lowest BCUT2D eigenvalue weighted by atomic mass is 10.1. The van der Waals surface area contributed by atoms with Crippen LogP contribution in [-0.4, -0.2) is 15.8 Å². The lowest BCUT2D eigenvalue weighted by molar-refractivity contribution is -0.384. The predicted molar refractivity (Wildman–Crippen MR) is 123 cm³/mol. The average molecular weight is 439 g/mol. The van der Waals surface area contributed by atoms with Crippen molar-refractivity contribution in [2.45, 2.75) is 6.92 Å². The monoisotopic (exact) mass is 439 g/mol. The highest BCUT2D eigenvalue weighted by Crippen LogP contribution is 2.28. The van der Waals surface area contributed by atoms with E-state index in [0.717, 1.165) is 16.6 Å². The van der Waals surface area contributed by atoms with E-state index < -0.39 is 10.8 Å². The summed E-state index contributed by atoms with van der Waals surface area (Å²) in [6.45, 7) is 2.00. The number of rotatable bonds is 5. The average Bonchev–Trinajstić information content (AvgIpc) is 3.47. The number of oxazole rings is 1. The van der Waals surface area contributed by atoms with Gasteiger partial charge in [0.2, 0.25) is 5.89 Å². The molecule has 1 N–H and O–H groups in total. The van der Waals surface area contributed by atoms with E-state index in [1.54, 1.807) is 30.3 Å². The smallest absolute Gasteiger partial charge is 0.291 e. The van der Waals surface area contributed by atoms with Gasteiger partial charge in [0.1, 0.15) is 11.3 Å². The van der Waals surface area contributed by atoms with Gasteiger partial charge in [0.25, 0.3) is 11.6 Å². The van der Waals surface area contributed by atoms with E-state index in [1.165, 1.54) is 18.2 Å². The zero-order chi connectivity index (χ0) is 22.9. The molecule has 1 amide bonds. The van der Waals surface area contributed by atoms with Crippen molar-refractivity contribution < 1.29 is 18.6 Å². The van der Waals surface area contributed by atoms with Gasteiger partial charge in [-0.1, -0.05) is 18.2 Å². The molecule has 0 unspecified atom stereocenters. The fraction of sp³-hybridized carbons (Fsp3) is 0.0400. The van der Waals surface area contributed by atoms with Crippen molar-refractivity contribution in [3.8, 4) is 22.8 Å². The number of benzene rings is 3. The molecule has 0 saturated heterocycles. The first kappa shape index (κ1) is 20.2. The van der Waals surface area contributed by atoms with E-state index in [9.17, 15) is 14.9 Å². The van der Waals surface area contributed by atoms with Crippen LogP contribution in [0.3, 0.4) is 0 Å². The Morgan fingerprint density at radius 2 is 1.76 bits per heavy atom. The van der Waals surface area contributed by atoms with E-state index in [0.29, 0.717) is 28.5 Å². The summed E-state index contributed by atoms with van der Waals surface area (Å²) in [6.07, 6.45) is 0. The van der Waals surface area contributed by atoms with Crippen molar-refractivity contribution in [2.24, 2.45) is 0 Å². The summed E-state index contributed by atoms with van der Waals surface area (Å²) in [5, 5.41) is 13.7. The molecule has 5 rings (SSSR count). The Morgan fingerprint density at radius 3 is 2.55 bits per heavy atom. The molecular formula is C25H17N3O5. The summed E-state index contributed by atoms with van der Waals surface area (Å²) >= 11 is 0. The highest BCUT2D eigenvalue weighted by molar-refractivity contribution is 6.02. The number of amides is 1. The van der Waals surface area contributed by atoms with Gasteiger partial charge in [0.15, 0.2) is 11.3 Å². The third-order valence-electron chi connectivity index (χ3n) is 5.10. The van der Waals surface area contributed by atoms with Gasteiger partial charge in [0.05, 0.1) is 4.92 Å². The topological polar surface area (TPSA) is 111 Å². The van der Waals surface area contributed by atoms with Crippen molar-refractivity contribution in [3.05, 3.63) is 100 Å². The lowest BCUT2D eigenvalue weighted by Crippen LogP contribution is -2.10. The maximum absolute atomic E-state index is 12.6. The van der Waals surface area contributed by atoms with Crippen LogP contribution in [0.15, 0.2) is 87.7 Å². The number of nitro benzene ring substituents is 1. The molecule has 0 atom stereocenters. The number of hydrogen-bond acceptors (Lipinski definition) is 6. The summed E-state index contributed by atoms with van der Waals surface area (Å²) in [5.74, 6) is 0.526. The van der Waals surface area contributed by atoms with Crippen LogP contribution < -0.4 is 5.32 Å². The van der Waals surface area contributed by atoms with Crippen LogP contribution in [-0.2, 0) is 0 Å². The zero-order valence-corrected chi connectivity index (χ0v) is 17.4. The molecule has 2 aromatic heterocycles. The van der Waals surface area contributed by atoms with Gasteiger partial charge in [-0.2, -0.15) is 0 Å². The largest absolute Gasteiger partial charge is 0.451 e. The maximum Gasteiger partial charge on any atom is 0.291 e. The molecule has 33 heavy (non-hydrogen) atoms. The van der Waals surface area contributed by atoms with E-state index in [-0.39, 0.29) is 11.4 Å². The molecule has 0 bridgehead atoms. The molecular weight excluding hydrogens is 422 g/mol. The lowest BCUT2D eigenvalue weighted by Gasteiger charge is -2.04. The van der Waals surface area contributed by atoms with Crippen molar-refractivity contribution in [1.82, 2.24) is 4.98 Å². The number of carbonyl (C=O) groups excluding carboxylic acids is 1. The highest BCUT2D eigenvalue weighted by atomic mass is 16.6. The predicted octanol–water partition coefficient (Wildman–Crippen LogP) is 6.22. The van der Waals surface area contributed by atoms with Crippen LogP contribution in [0.2, 0.25) is 0 Å². The summed E-state index contributed by atoms with van der Waals surface area (Å²) < 4.78 is 11.4. The number of aromatic nitrogens is 1. The summed E-state index contributed by atoms with van der Waals surface area (Å²) in [5.41, 5.74) is 4.43. The molecule has 2 heterocycles. The number of fused-ring (bicyclic) bond motifs is 1. The molecule has 5 aromatic rings.